The van der Waals surface area contributed by atoms with Crippen LogP contribution in [0.4, 0.5) is 0 Å². The van der Waals surface area contributed by atoms with Crippen LogP contribution in [0.25, 0.3) is 0 Å². The van der Waals surface area contributed by atoms with Gasteiger partial charge in [-0.2, -0.15) is 0 Å². The fourth-order valence-electron chi connectivity index (χ4n) is 1.51. The maximum absolute atomic E-state index is 11.4. The number of rotatable bonds is 1. The maximum atomic E-state index is 11.4. The number of hydrogen-bond acceptors (Lipinski definition) is 2. The smallest absolute Gasteiger partial charge is 0.254 e. The molecule has 2 aliphatic heterocycles. The lowest BCUT2D eigenvalue weighted by Crippen LogP contribution is -2.38. The van der Waals surface area contributed by atoms with E-state index >= 15 is 0 Å². The van der Waals surface area contributed by atoms with Gasteiger partial charge in [0.15, 0.2) is 6.10 Å². The molecule has 62 valence electrons. The van der Waals surface area contributed by atoms with Crippen molar-refractivity contribution in [2.24, 2.45) is 0 Å². The Morgan fingerprint density at radius 2 is 1.91 bits per heavy atom. The van der Waals surface area contributed by atoms with Gasteiger partial charge in [0, 0.05) is 13.1 Å². The maximum Gasteiger partial charge on any atom is 0.254 e. The highest BCUT2D eigenvalue weighted by Gasteiger charge is 2.35. The Bertz CT molecular complexity index is 159. The minimum absolute atomic E-state index is 0.0758. The highest BCUT2D eigenvalue weighted by Crippen LogP contribution is 2.16. The molecule has 0 radical (unpaired) electrons. The lowest BCUT2D eigenvalue weighted by Gasteiger charge is -2.25. The number of ether oxygens (including phenoxy) is 1. The predicted molar refractivity (Wildman–Crippen MR) is 40.2 cm³/mol. The van der Waals surface area contributed by atoms with Gasteiger partial charge in [-0.05, 0) is 19.3 Å². The second kappa shape index (κ2) is 2.81. The van der Waals surface area contributed by atoms with Gasteiger partial charge >= 0.3 is 0 Å². The van der Waals surface area contributed by atoms with Crippen molar-refractivity contribution < 1.29 is 9.53 Å². The molecule has 0 aromatic carbocycles. The quantitative estimate of drug-likeness (QED) is 0.513. The molecule has 0 spiro atoms. The second-order valence-electron chi connectivity index (χ2n) is 3.21. The Labute approximate surface area is 66.3 Å². The van der Waals surface area contributed by atoms with Crippen molar-refractivity contribution in [3.05, 3.63) is 0 Å². The molecule has 3 nitrogen and oxygen atoms in total. The number of carbonyl (C=O) groups excluding carboxylic acids is 1. The zero-order chi connectivity index (χ0) is 7.68. The van der Waals surface area contributed by atoms with E-state index in [1.54, 1.807) is 0 Å². The third-order valence-corrected chi connectivity index (χ3v) is 2.28. The Morgan fingerprint density at radius 1 is 1.27 bits per heavy atom. The topological polar surface area (TPSA) is 32.8 Å². The first-order valence-corrected chi connectivity index (χ1v) is 4.28. The number of hydrogen-bond donors (Lipinski definition) is 0. The molecule has 0 unspecified atom stereocenters. The number of likely N-dealkylation sites (tertiary alicyclic amines) is 1. The van der Waals surface area contributed by atoms with Gasteiger partial charge in [-0.1, -0.05) is 0 Å². The molecule has 1 amide bonds. The van der Waals surface area contributed by atoms with Crippen LogP contribution in [-0.4, -0.2) is 36.6 Å². The first-order chi connectivity index (χ1) is 5.38. The van der Waals surface area contributed by atoms with Crippen LogP contribution in [0.15, 0.2) is 0 Å². The molecule has 2 heterocycles. The number of carbonyl (C=O) groups is 1. The summed E-state index contributed by atoms with van der Waals surface area (Å²) in [7, 11) is 0. The van der Waals surface area contributed by atoms with E-state index in [1.165, 1.54) is 19.3 Å². The van der Waals surface area contributed by atoms with Crippen molar-refractivity contribution in [3.8, 4) is 0 Å². The van der Waals surface area contributed by atoms with E-state index in [4.69, 9.17) is 4.74 Å². The van der Waals surface area contributed by atoms with Crippen LogP contribution in [-0.2, 0) is 9.53 Å². The summed E-state index contributed by atoms with van der Waals surface area (Å²) in [6.07, 6.45) is 3.53. The summed E-state index contributed by atoms with van der Waals surface area (Å²) in [5.74, 6) is 0.213. The average Bonchev–Trinajstić information content (AvgIpc) is 2.87. The zero-order valence-corrected chi connectivity index (χ0v) is 6.58. The van der Waals surface area contributed by atoms with Crippen molar-refractivity contribution in [1.29, 1.82) is 0 Å². The Balaban J connectivity index is 1.86. The molecule has 0 bridgehead atoms. The van der Waals surface area contributed by atoms with Gasteiger partial charge < -0.3 is 9.64 Å². The Kier molecular flexibility index (Phi) is 1.82. The summed E-state index contributed by atoms with van der Waals surface area (Å²) in [5.41, 5.74) is 0. The molecule has 3 heteroatoms. The van der Waals surface area contributed by atoms with E-state index in [2.05, 4.69) is 0 Å². The third-order valence-electron chi connectivity index (χ3n) is 2.28. The second-order valence-corrected chi connectivity index (χ2v) is 3.21. The molecule has 1 atom stereocenters. The van der Waals surface area contributed by atoms with Crippen LogP contribution in [0.5, 0.6) is 0 Å². The number of epoxide rings is 1. The van der Waals surface area contributed by atoms with Crippen LogP contribution in [0.2, 0.25) is 0 Å². The first-order valence-electron chi connectivity index (χ1n) is 4.28. The lowest BCUT2D eigenvalue weighted by atomic mass is 10.1. The predicted octanol–water partition coefficient (Wildman–Crippen LogP) is 0.398. The number of amides is 1. The largest absolute Gasteiger partial charge is 0.363 e. The molecule has 2 fully saturated rings. The van der Waals surface area contributed by atoms with Gasteiger partial charge in [0.2, 0.25) is 0 Å². The average molecular weight is 155 g/mol. The molecule has 0 aliphatic carbocycles. The summed E-state index contributed by atoms with van der Waals surface area (Å²) in [4.78, 5) is 13.3. The molecule has 11 heavy (non-hydrogen) atoms. The summed E-state index contributed by atoms with van der Waals surface area (Å²) in [6.45, 7) is 2.53. The van der Waals surface area contributed by atoms with E-state index in [1.807, 2.05) is 4.90 Å². The van der Waals surface area contributed by atoms with E-state index in [0.717, 1.165) is 13.1 Å². The Morgan fingerprint density at radius 3 is 2.45 bits per heavy atom. The molecule has 0 N–H and O–H groups in total. The molecular formula is C8H13NO2. The number of nitrogens with zero attached hydrogens (tertiary/aromatic N) is 1. The molecule has 0 saturated carbocycles. The minimum Gasteiger partial charge on any atom is -0.363 e. The molecule has 0 aromatic heterocycles. The Hall–Kier alpha value is -0.570. The summed E-state index contributed by atoms with van der Waals surface area (Å²) in [6, 6.07) is 0. The van der Waals surface area contributed by atoms with Gasteiger partial charge in [0.25, 0.3) is 5.91 Å². The highest BCUT2D eigenvalue weighted by atomic mass is 16.6. The van der Waals surface area contributed by atoms with Crippen LogP contribution in [0.1, 0.15) is 19.3 Å². The fourth-order valence-corrected chi connectivity index (χ4v) is 1.51. The van der Waals surface area contributed by atoms with Crippen molar-refractivity contribution in [2.75, 3.05) is 19.7 Å². The highest BCUT2D eigenvalue weighted by molar-refractivity contribution is 5.83. The van der Waals surface area contributed by atoms with Gasteiger partial charge in [-0.15, -0.1) is 0 Å². The van der Waals surface area contributed by atoms with E-state index in [9.17, 15) is 4.79 Å². The zero-order valence-electron chi connectivity index (χ0n) is 6.58. The summed E-state index contributed by atoms with van der Waals surface area (Å²) in [5, 5.41) is 0. The molecule has 2 rings (SSSR count). The third kappa shape index (κ3) is 1.53. The van der Waals surface area contributed by atoms with Crippen molar-refractivity contribution in [3.63, 3.8) is 0 Å². The van der Waals surface area contributed by atoms with Crippen LogP contribution < -0.4 is 0 Å². The normalized spacial score (nSPS) is 30.2. The molecular weight excluding hydrogens is 142 g/mol. The SMILES string of the molecule is O=C([C@H]1CO1)N1CCCCC1. The minimum atomic E-state index is -0.0758. The molecule has 0 aromatic rings. The monoisotopic (exact) mass is 155 g/mol. The number of piperidine rings is 1. The van der Waals surface area contributed by atoms with Gasteiger partial charge in [-0.3, -0.25) is 4.79 Å². The van der Waals surface area contributed by atoms with Gasteiger partial charge in [-0.25, -0.2) is 0 Å². The molecule has 2 aliphatic rings. The van der Waals surface area contributed by atoms with Crippen molar-refractivity contribution in [1.82, 2.24) is 4.90 Å². The van der Waals surface area contributed by atoms with Crippen LogP contribution >= 0.6 is 0 Å². The fraction of sp³-hybridized carbons (Fsp3) is 0.875. The van der Waals surface area contributed by atoms with Gasteiger partial charge in [0.1, 0.15) is 0 Å². The van der Waals surface area contributed by atoms with E-state index < -0.39 is 0 Å². The van der Waals surface area contributed by atoms with Crippen molar-refractivity contribution in [2.45, 2.75) is 25.4 Å². The van der Waals surface area contributed by atoms with Crippen LogP contribution in [0.3, 0.4) is 0 Å². The molecule has 2 saturated heterocycles. The summed E-state index contributed by atoms with van der Waals surface area (Å²) < 4.78 is 4.93. The van der Waals surface area contributed by atoms with Gasteiger partial charge in [0.05, 0.1) is 6.61 Å². The van der Waals surface area contributed by atoms with E-state index in [0.29, 0.717) is 6.61 Å². The lowest BCUT2D eigenvalue weighted by molar-refractivity contribution is -0.133. The standard InChI is InChI=1S/C8H13NO2/c10-8(7-6-11-7)9-4-2-1-3-5-9/h7H,1-6H2/t7-/m1/s1. The van der Waals surface area contributed by atoms with E-state index in [-0.39, 0.29) is 12.0 Å². The summed E-state index contributed by atoms with van der Waals surface area (Å²) >= 11 is 0. The van der Waals surface area contributed by atoms with Crippen molar-refractivity contribution >= 4 is 5.91 Å². The first kappa shape index (κ1) is 7.10. The van der Waals surface area contributed by atoms with Crippen LogP contribution in [0, 0.1) is 0 Å².